The van der Waals surface area contributed by atoms with E-state index in [4.69, 9.17) is 4.74 Å². The molecule has 1 atom stereocenters. The van der Waals surface area contributed by atoms with Gasteiger partial charge in [0.05, 0.1) is 12.3 Å². The predicted octanol–water partition coefficient (Wildman–Crippen LogP) is 4.08. The van der Waals surface area contributed by atoms with Crippen LogP contribution in [0.3, 0.4) is 0 Å². The van der Waals surface area contributed by atoms with Gasteiger partial charge in [0.15, 0.2) is 0 Å². The SMILES string of the molecule is CCCOc1ccccc1NC(CC)C1CC1. The summed E-state index contributed by atoms with van der Waals surface area (Å²) >= 11 is 0. The number of benzene rings is 1. The molecule has 1 aliphatic carbocycles. The second-order valence-corrected chi connectivity index (χ2v) is 4.84. The van der Waals surface area contributed by atoms with Crippen molar-refractivity contribution < 1.29 is 4.74 Å². The van der Waals surface area contributed by atoms with Crippen LogP contribution >= 0.6 is 0 Å². The van der Waals surface area contributed by atoms with Gasteiger partial charge >= 0.3 is 0 Å². The normalized spacial score (nSPS) is 16.6. The summed E-state index contributed by atoms with van der Waals surface area (Å²) in [4.78, 5) is 0. The van der Waals surface area contributed by atoms with Crippen molar-refractivity contribution in [3.05, 3.63) is 24.3 Å². The third-order valence-corrected chi connectivity index (χ3v) is 3.32. The van der Waals surface area contributed by atoms with Crippen LogP contribution < -0.4 is 10.1 Å². The molecule has 1 aromatic carbocycles. The molecule has 1 aromatic rings. The van der Waals surface area contributed by atoms with Crippen LogP contribution in [0.1, 0.15) is 39.5 Å². The van der Waals surface area contributed by atoms with Crippen molar-refractivity contribution in [1.82, 2.24) is 0 Å². The van der Waals surface area contributed by atoms with Gasteiger partial charge in [-0.2, -0.15) is 0 Å². The highest BCUT2D eigenvalue weighted by Crippen LogP contribution is 2.37. The molecule has 17 heavy (non-hydrogen) atoms. The lowest BCUT2D eigenvalue weighted by molar-refractivity contribution is 0.318. The van der Waals surface area contributed by atoms with Crippen LogP contribution in [-0.4, -0.2) is 12.6 Å². The Hall–Kier alpha value is -1.18. The largest absolute Gasteiger partial charge is 0.491 e. The van der Waals surface area contributed by atoms with Crippen molar-refractivity contribution in [2.24, 2.45) is 5.92 Å². The molecule has 1 unspecified atom stereocenters. The Morgan fingerprint density at radius 3 is 2.71 bits per heavy atom. The van der Waals surface area contributed by atoms with E-state index in [9.17, 15) is 0 Å². The van der Waals surface area contributed by atoms with Crippen molar-refractivity contribution in [1.29, 1.82) is 0 Å². The van der Waals surface area contributed by atoms with Gasteiger partial charge < -0.3 is 10.1 Å². The van der Waals surface area contributed by atoms with E-state index in [0.717, 1.165) is 30.4 Å². The first-order valence-electron chi connectivity index (χ1n) is 6.83. The number of ether oxygens (including phenoxy) is 1. The van der Waals surface area contributed by atoms with Crippen LogP contribution in [0.5, 0.6) is 5.75 Å². The molecule has 2 heteroatoms. The summed E-state index contributed by atoms with van der Waals surface area (Å²) in [6.45, 7) is 5.18. The quantitative estimate of drug-likeness (QED) is 0.766. The summed E-state index contributed by atoms with van der Waals surface area (Å²) in [5.41, 5.74) is 1.15. The molecule has 2 rings (SSSR count). The molecule has 0 aromatic heterocycles. The third-order valence-electron chi connectivity index (χ3n) is 3.32. The molecule has 94 valence electrons. The summed E-state index contributed by atoms with van der Waals surface area (Å²) in [6.07, 6.45) is 4.99. The van der Waals surface area contributed by atoms with E-state index in [1.165, 1.54) is 19.3 Å². The van der Waals surface area contributed by atoms with Crippen LogP contribution in [0.4, 0.5) is 5.69 Å². The van der Waals surface area contributed by atoms with Crippen LogP contribution in [0.15, 0.2) is 24.3 Å². The maximum Gasteiger partial charge on any atom is 0.142 e. The van der Waals surface area contributed by atoms with E-state index in [0.29, 0.717) is 6.04 Å². The van der Waals surface area contributed by atoms with E-state index in [1.54, 1.807) is 0 Å². The average molecular weight is 233 g/mol. The van der Waals surface area contributed by atoms with Crippen molar-refractivity contribution in [3.63, 3.8) is 0 Å². The van der Waals surface area contributed by atoms with Crippen molar-refractivity contribution >= 4 is 5.69 Å². The Morgan fingerprint density at radius 2 is 2.06 bits per heavy atom. The predicted molar refractivity (Wildman–Crippen MR) is 72.7 cm³/mol. The summed E-state index contributed by atoms with van der Waals surface area (Å²) in [6, 6.07) is 8.89. The Kier molecular flexibility index (Phi) is 4.29. The Labute approximate surface area is 104 Å². The number of anilines is 1. The molecular weight excluding hydrogens is 210 g/mol. The van der Waals surface area contributed by atoms with Gasteiger partial charge in [0, 0.05) is 6.04 Å². The highest BCUT2D eigenvalue weighted by Gasteiger charge is 2.30. The first kappa shape index (κ1) is 12.3. The fourth-order valence-electron chi connectivity index (χ4n) is 2.18. The van der Waals surface area contributed by atoms with Crippen LogP contribution in [-0.2, 0) is 0 Å². The van der Waals surface area contributed by atoms with Crippen molar-refractivity contribution in [2.75, 3.05) is 11.9 Å². The van der Waals surface area contributed by atoms with Crippen molar-refractivity contribution in [2.45, 2.75) is 45.6 Å². The van der Waals surface area contributed by atoms with Gasteiger partial charge in [-0.25, -0.2) is 0 Å². The summed E-state index contributed by atoms with van der Waals surface area (Å²) in [7, 11) is 0. The number of rotatable bonds is 7. The van der Waals surface area contributed by atoms with Crippen LogP contribution in [0.2, 0.25) is 0 Å². The zero-order chi connectivity index (χ0) is 12.1. The molecule has 2 nitrogen and oxygen atoms in total. The zero-order valence-electron chi connectivity index (χ0n) is 10.9. The molecule has 0 radical (unpaired) electrons. The minimum absolute atomic E-state index is 0.612. The van der Waals surface area contributed by atoms with E-state index in [2.05, 4.69) is 37.4 Å². The standard InChI is InChI=1S/C15H23NO/c1-3-11-17-15-8-6-5-7-14(15)16-13(4-2)12-9-10-12/h5-8,12-13,16H,3-4,9-11H2,1-2H3. The summed E-state index contributed by atoms with van der Waals surface area (Å²) in [5.74, 6) is 1.87. The number of nitrogens with one attached hydrogen (secondary N) is 1. The lowest BCUT2D eigenvalue weighted by Gasteiger charge is -2.20. The molecule has 0 heterocycles. The van der Waals surface area contributed by atoms with Gasteiger partial charge in [0.2, 0.25) is 0 Å². The molecule has 1 saturated carbocycles. The maximum atomic E-state index is 5.77. The van der Waals surface area contributed by atoms with Gasteiger partial charge in [0.25, 0.3) is 0 Å². The minimum Gasteiger partial charge on any atom is -0.491 e. The van der Waals surface area contributed by atoms with E-state index in [1.807, 2.05) is 6.07 Å². The van der Waals surface area contributed by atoms with Gasteiger partial charge in [-0.3, -0.25) is 0 Å². The Bertz CT molecular complexity index is 347. The first-order chi connectivity index (χ1) is 8.35. The monoisotopic (exact) mass is 233 g/mol. The number of para-hydroxylation sites is 2. The third kappa shape index (κ3) is 3.39. The number of hydrogen-bond acceptors (Lipinski definition) is 2. The molecule has 0 aliphatic heterocycles. The van der Waals surface area contributed by atoms with Crippen molar-refractivity contribution in [3.8, 4) is 5.75 Å². The second kappa shape index (κ2) is 5.95. The van der Waals surface area contributed by atoms with Gasteiger partial charge in [-0.1, -0.05) is 26.0 Å². The average Bonchev–Trinajstić information content (AvgIpc) is 3.19. The van der Waals surface area contributed by atoms with Crippen LogP contribution in [0.25, 0.3) is 0 Å². The highest BCUT2D eigenvalue weighted by molar-refractivity contribution is 5.56. The second-order valence-electron chi connectivity index (χ2n) is 4.84. The highest BCUT2D eigenvalue weighted by atomic mass is 16.5. The van der Waals surface area contributed by atoms with Crippen LogP contribution in [0, 0.1) is 5.92 Å². The molecule has 0 amide bonds. The van der Waals surface area contributed by atoms with Gasteiger partial charge in [-0.05, 0) is 43.7 Å². The first-order valence-corrected chi connectivity index (χ1v) is 6.83. The smallest absolute Gasteiger partial charge is 0.142 e. The number of hydrogen-bond donors (Lipinski definition) is 1. The van der Waals surface area contributed by atoms with E-state index < -0.39 is 0 Å². The maximum absolute atomic E-state index is 5.77. The van der Waals surface area contributed by atoms with E-state index in [-0.39, 0.29) is 0 Å². The molecule has 1 fully saturated rings. The zero-order valence-corrected chi connectivity index (χ0v) is 10.9. The lowest BCUT2D eigenvalue weighted by atomic mass is 10.1. The van der Waals surface area contributed by atoms with Gasteiger partial charge in [0.1, 0.15) is 5.75 Å². The molecular formula is C15H23NO. The molecule has 0 spiro atoms. The van der Waals surface area contributed by atoms with Gasteiger partial charge in [-0.15, -0.1) is 0 Å². The fourth-order valence-corrected chi connectivity index (χ4v) is 2.18. The minimum atomic E-state index is 0.612. The molecule has 1 aliphatic rings. The molecule has 0 saturated heterocycles. The molecule has 1 N–H and O–H groups in total. The molecule has 0 bridgehead atoms. The van der Waals surface area contributed by atoms with E-state index >= 15 is 0 Å². The summed E-state index contributed by atoms with van der Waals surface area (Å²) in [5, 5.41) is 3.64. The Balaban J connectivity index is 2.02. The topological polar surface area (TPSA) is 21.3 Å². The Morgan fingerprint density at radius 1 is 1.29 bits per heavy atom. The lowest BCUT2D eigenvalue weighted by Crippen LogP contribution is -2.21. The summed E-state index contributed by atoms with van der Waals surface area (Å²) < 4.78 is 5.77. The fraction of sp³-hybridized carbons (Fsp3) is 0.600.